The van der Waals surface area contributed by atoms with E-state index in [-0.39, 0.29) is 11.7 Å². The van der Waals surface area contributed by atoms with Crippen molar-refractivity contribution in [3.8, 4) is 11.5 Å². The standard InChI is InChI=1S/C27H25NO3/c1-31-22-15-12-21(13-16-22)27(28-25(30)18-11-19-7-3-2-4-8-19)26-23-10-6-5-9-20(23)14-17-24(26)29/h2-10,12-17,27,29H,11,18H2,1H3,(H,28,30). The van der Waals surface area contributed by atoms with Gasteiger partial charge in [0.15, 0.2) is 0 Å². The Morgan fingerprint density at radius 3 is 2.35 bits per heavy atom. The molecule has 0 heterocycles. The maximum absolute atomic E-state index is 12.9. The molecule has 0 spiro atoms. The van der Waals surface area contributed by atoms with Crippen molar-refractivity contribution in [3.63, 3.8) is 0 Å². The summed E-state index contributed by atoms with van der Waals surface area (Å²) in [5.74, 6) is 0.819. The molecule has 156 valence electrons. The number of fused-ring (bicyclic) bond motifs is 1. The quantitative estimate of drug-likeness (QED) is 0.429. The van der Waals surface area contributed by atoms with Crippen molar-refractivity contribution in [1.29, 1.82) is 0 Å². The third-order valence-corrected chi connectivity index (χ3v) is 5.47. The molecule has 2 N–H and O–H groups in total. The zero-order valence-electron chi connectivity index (χ0n) is 17.4. The molecule has 4 aromatic rings. The van der Waals surface area contributed by atoms with E-state index in [1.807, 2.05) is 84.9 Å². The van der Waals surface area contributed by atoms with Crippen molar-refractivity contribution < 1.29 is 14.6 Å². The molecule has 4 aromatic carbocycles. The normalized spacial score (nSPS) is 11.8. The third-order valence-electron chi connectivity index (χ3n) is 5.47. The Hall–Kier alpha value is -3.79. The van der Waals surface area contributed by atoms with Crippen LogP contribution in [0.3, 0.4) is 0 Å². The number of carbonyl (C=O) groups is 1. The molecular formula is C27H25NO3. The van der Waals surface area contributed by atoms with Crippen LogP contribution in [-0.4, -0.2) is 18.1 Å². The number of hydrogen-bond donors (Lipinski definition) is 2. The van der Waals surface area contributed by atoms with E-state index in [1.165, 1.54) is 0 Å². The van der Waals surface area contributed by atoms with Gasteiger partial charge in [0, 0.05) is 12.0 Å². The van der Waals surface area contributed by atoms with Crippen LogP contribution in [0.4, 0.5) is 0 Å². The molecule has 31 heavy (non-hydrogen) atoms. The molecule has 0 saturated carbocycles. The Kier molecular flexibility index (Phi) is 6.18. The summed E-state index contributed by atoms with van der Waals surface area (Å²) < 4.78 is 5.28. The van der Waals surface area contributed by atoms with Crippen molar-refractivity contribution in [3.05, 3.63) is 108 Å². The Bertz CT molecular complexity index is 1170. The Balaban J connectivity index is 1.68. The first-order chi connectivity index (χ1) is 15.2. The summed E-state index contributed by atoms with van der Waals surface area (Å²) in [5, 5.41) is 15.9. The number of rotatable bonds is 7. The number of aromatic hydroxyl groups is 1. The maximum atomic E-state index is 12.9. The molecule has 0 radical (unpaired) electrons. The van der Waals surface area contributed by atoms with Crippen molar-refractivity contribution >= 4 is 16.7 Å². The first kappa shape index (κ1) is 20.5. The van der Waals surface area contributed by atoms with E-state index < -0.39 is 6.04 Å². The highest BCUT2D eigenvalue weighted by molar-refractivity contribution is 5.89. The van der Waals surface area contributed by atoms with Crippen molar-refractivity contribution in [2.24, 2.45) is 0 Å². The molecule has 4 rings (SSSR count). The van der Waals surface area contributed by atoms with Crippen LogP contribution in [0.2, 0.25) is 0 Å². The van der Waals surface area contributed by atoms with Crippen molar-refractivity contribution in [2.45, 2.75) is 18.9 Å². The molecule has 0 fully saturated rings. The van der Waals surface area contributed by atoms with Gasteiger partial charge in [-0.25, -0.2) is 0 Å². The number of phenols is 1. The highest BCUT2D eigenvalue weighted by Crippen LogP contribution is 2.36. The Labute approximate surface area is 182 Å². The summed E-state index contributed by atoms with van der Waals surface area (Å²) in [7, 11) is 1.62. The molecule has 0 aliphatic heterocycles. The highest BCUT2D eigenvalue weighted by atomic mass is 16.5. The van der Waals surface area contributed by atoms with Gasteiger partial charge in [-0.05, 0) is 46.5 Å². The van der Waals surface area contributed by atoms with Gasteiger partial charge < -0.3 is 15.2 Å². The summed E-state index contributed by atoms with van der Waals surface area (Å²) in [5.41, 5.74) is 2.68. The minimum absolute atomic E-state index is 0.0722. The molecule has 4 nitrogen and oxygen atoms in total. The summed E-state index contributed by atoms with van der Waals surface area (Å²) >= 11 is 0. The highest BCUT2D eigenvalue weighted by Gasteiger charge is 2.22. The lowest BCUT2D eigenvalue weighted by Crippen LogP contribution is -2.29. The van der Waals surface area contributed by atoms with E-state index in [1.54, 1.807) is 13.2 Å². The van der Waals surface area contributed by atoms with Crippen LogP contribution >= 0.6 is 0 Å². The fourth-order valence-corrected chi connectivity index (χ4v) is 3.84. The number of amides is 1. The molecule has 0 aromatic heterocycles. The number of aryl methyl sites for hydroxylation is 1. The van der Waals surface area contributed by atoms with Gasteiger partial charge >= 0.3 is 0 Å². The summed E-state index contributed by atoms with van der Waals surface area (Å²) in [6, 6.07) is 28.5. The number of carbonyl (C=O) groups excluding carboxylic acids is 1. The molecule has 0 aliphatic carbocycles. The number of hydrogen-bond acceptors (Lipinski definition) is 3. The summed E-state index contributed by atoms with van der Waals surface area (Å²) in [6.07, 6.45) is 1.02. The average molecular weight is 412 g/mol. The summed E-state index contributed by atoms with van der Waals surface area (Å²) in [6.45, 7) is 0. The molecule has 1 atom stereocenters. The minimum Gasteiger partial charge on any atom is -0.508 e. The van der Waals surface area contributed by atoms with Crippen LogP contribution in [-0.2, 0) is 11.2 Å². The predicted octanol–water partition coefficient (Wildman–Crippen LogP) is 5.39. The van der Waals surface area contributed by atoms with Gasteiger partial charge in [0.25, 0.3) is 0 Å². The molecule has 1 amide bonds. The minimum atomic E-state index is -0.486. The van der Waals surface area contributed by atoms with Crippen molar-refractivity contribution in [2.75, 3.05) is 7.11 Å². The zero-order chi connectivity index (χ0) is 21.6. The lowest BCUT2D eigenvalue weighted by atomic mass is 9.92. The molecule has 4 heteroatoms. The lowest BCUT2D eigenvalue weighted by Gasteiger charge is -2.23. The fraction of sp³-hybridized carbons (Fsp3) is 0.148. The molecular weight excluding hydrogens is 386 g/mol. The smallest absolute Gasteiger partial charge is 0.221 e. The second-order valence-corrected chi connectivity index (χ2v) is 7.48. The number of benzene rings is 4. The molecule has 0 saturated heterocycles. The van der Waals surface area contributed by atoms with Gasteiger partial charge in [0.2, 0.25) is 5.91 Å². The van der Waals surface area contributed by atoms with Crippen LogP contribution in [0.15, 0.2) is 91.0 Å². The number of nitrogens with one attached hydrogen (secondary N) is 1. The van der Waals surface area contributed by atoms with Gasteiger partial charge in [-0.15, -0.1) is 0 Å². The number of phenolic OH excluding ortho intramolecular Hbond substituents is 1. The second-order valence-electron chi connectivity index (χ2n) is 7.48. The van der Waals surface area contributed by atoms with Crippen LogP contribution in [0.1, 0.15) is 29.2 Å². The second kappa shape index (κ2) is 9.35. The molecule has 1 unspecified atom stereocenters. The van der Waals surface area contributed by atoms with Crippen LogP contribution in [0.25, 0.3) is 10.8 Å². The van der Waals surface area contributed by atoms with E-state index in [9.17, 15) is 9.90 Å². The van der Waals surface area contributed by atoms with Gasteiger partial charge in [0.1, 0.15) is 11.5 Å². The fourth-order valence-electron chi connectivity index (χ4n) is 3.84. The first-order valence-electron chi connectivity index (χ1n) is 10.3. The van der Waals surface area contributed by atoms with E-state index in [0.29, 0.717) is 18.4 Å². The van der Waals surface area contributed by atoms with Gasteiger partial charge in [-0.1, -0.05) is 72.8 Å². The number of methoxy groups -OCH3 is 1. The third kappa shape index (κ3) is 4.69. The molecule has 0 aliphatic rings. The first-order valence-corrected chi connectivity index (χ1v) is 10.3. The van der Waals surface area contributed by atoms with E-state index in [2.05, 4.69) is 5.32 Å². The zero-order valence-corrected chi connectivity index (χ0v) is 17.4. The lowest BCUT2D eigenvalue weighted by molar-refractivity contribution is -0.121. The van der Waals surface area contributed by atoms with Gasteiger partial charge in [-0.2, -0.15) is 0 Å². The Morgan fingerprint density at radius 2 is 1.61 bits per heavy atom. The maximum Gasteiger partial charge on any atom is 0.221 e. The van der Waals surface area contributed by atoms with Crippen LogP contribution in [0.5, 0.6) is 11.5 Å². The van der Waals surface area contributed by atoms with E-state index in [4.69, 9.17) is 4.74 Å². The van der Waals surface area contributed by atoms with Crippen molar-refractivity contribution in [1.82, 2.24) is 5.32 Å². The summed E-state index contributed by atoms with van der Waals surface area (Å²) in [4.78, 5) is 12.9. The van der Waals surface area contributed by atoms with Crippen LogP contribution < -0.4 is 10.1 Å². The Morgan fingerprint density at radius 1 is 0.903 bits per heavy atom. The van der Waals surface area contributed by atoms with Gasteiger partial charge in [0.05, 0.1) is 13.2 Å². The molecule has 0 bridgehead atoms. The topological polar surface area (TPSA) is 58.6 Å². The largest absolute Gasteiger partial charge is 0.508 e. The monoisotopic (exact) mass is 411 g/mol. The van der Waals surface area contributed by atoms with Crippen LogP contribution in [0, 0.1) is 0 Å². The van der Waals surface area contributed by atoms with Gasteiger partial charge in [-0.3, -0.25) is 4.79 Å². The van der Waals surface area contributed by atoms with E-state index >= 15 is 0 Å². The number of ether oxygens (including phenoxy) is 1. The van der Waals surface area contributed by atoms with E-state index in [0.717, 1.165) is 27.6 Å². The predicted molar refractivity (Wildman–Crippen MR) is 123 cm³/mol. The average Bonchev–Trinajstić information content (AvgIpc) is 2.82. The SMILES string of the molecule is COc1ccc(C(NC(=O)CCc2ccccc2)c2c(O)ccc3ccccc23)cc1.